The summed E-state index contributed by atoms with van der Waals surface area (Å²) in [5.74, 6) is 1.08. The summed E-state index contributed by atoms with van der Waals surface area (Å²) in [5, 5.41) is 11.6. The summed E-state index contributed by atoms with van der Waals surface area (Å²) >= 11 is 1.82. The van der Waals surface area contributed by atoms with E-state index in [1.807, 2.05) is 30.8 Å². The Balaban J connectivity index is 1.86. The fraction of sp³-hybridized carbons (Fsp3) is 0.474. The van der Waals surface area contributed by atoms with Crippen molar-refractivity contribution in [2.75, 3.05) is 5.75 Å². The average Bonchev–Trinajstić information content (AvgIpc) is 3.07. The predicted octanol–water partition coefficient (Wildman–Crippen LogP) is 4.21. The molecule has 0 N–H and O–H groups in total. The van der Waals surface area contributed by atoms with Gasteiger partial charge < -0.3 is 0 Å². The number of nitro groups is 1. The first-order valence-corrected chi connectivity index (χ1v) is 9.87. The molecule has 1 aliphatic carbocycles. The molecule has 4 rings (SSSR count). The first-order chi connectivity index (χ1) is 12.1. The number of carbonyl (C=O) groups is 1. The van der Waals surface area contributed by atoms with Gasteiger partial charge in [-0.1, -0.05) is 19.1 Å². The maximum absolute atomic E-state index is 12.7. The first-order valence-electron chi connectivity index (χ1n) is 8.82. The van der Waals surface area contributed by atoms with Crippen molar-refractivity contribution in [2.24, 2.45) is 4.99 Å². The number of hydrogen-bond acceptors (Lipinski definition) is 5. The van der Waals surface area contributed by atoms with E-state index in [1.54, 1.807) is 6.07 Å². The zero-order valence-corrected chi connectivity index (χ0v) is 15.0. The van der Waals surface area contributed by atoms with Gasteiger partial charge in [-0.25, -0.2) is 0 Å². The average molecular weight is 356 g/mol. The van der Waals surface area contributed by atoms with E-state index in [1.165, 1.54) is 0 Å². The monoisotopic (exact) mass is 356 g/mol. The molecule has 0 spiro atoms. The highest BCUT2D eigenvalue weighted by atomic mass is 32.2. The lowest BCUT2D eigenvalue weighted by Crippen LogP contribution is -2.32. The molecule has 2 heterocycles. The smallest absolute Gasteiger partial charge is 0.272 e. The molecule has 2 atom stereocenters. The van der Waals surface area contributed by atoms with Crippen LogP contribution in [-0.4, -0.2) is 27.4 Å². The number of fused-ring (bicyclic) bond motifs is 1. The van der Waals surface area contributed by atoms with E-state index in [9.17, 15) is 14.9 Å². The number of nitrogens with zero attached hydrogens (tertiary/aromatic N) is 2. The highest BCUT2D eigenvalue weighted by molar-refractivity contribution is 8.01. The Labute approximate surface area is 150 Å². The fourth-order valence-corrected chi connectivity index (χ4v) is 5.59. The molecule has 0 bridgehead atoms. The second-order valence-corrected chi connectivity index (χ2v) is 8.01. The minimum Gasteiger partial charge on any atom is -0.294 e. The molecule has 2 aliphatic heterocycles. The van der Waals surface area contributed by atoms with Gasteiger partial charge in [0, 0.05) is 41.0 Å². The zero-order chi connectivity index (χ0) is 17.6. The quantitative estimate of drug-likeness (QED) is 0.601. The standard InChI is InChI=1S/C19H20N2O3S/c1-2-11-6-7-12(10-15(11)21(23)24)17-18-13(4-3-5-16(18)22)20-14-8-9-25-19(14)17/h6-7,10,17,19H,2-5,8-9H2,1H3. The van der Waals surface area contributed by atoms with Crippen LogP contribution in [0.5, 0.6) is 0 Å². The van der Waals surface area contributed by atoms with Crippen LogP contribution in [-0.2, 0) is 11.2 Å². The van der Waals surface area contributed by atoms with Gasteiger partial charge in [-0.2, -0.15) is 11.8 Å². The van der Waals surface area contributed by atoms with Crippen molar-refractivity contribution in [1.29, 1.82) is 0 Å². The molecule has 0 saturated carbocycles. The summed E-state index contributed by atoms with van der Waals surface area (Å²) in [7, 11) is 0. The van der Waals surface area contributed by atoms with Crippen molar-refractivity contribution in [3.63, 3.8) is 0 Å². The SMILES string of the molecule is CCc1ccc(C2C3=C(CCCC3=O)N=C3CCSC32)cc1[N+](=O)[O-]. The summed E-state index contributed by atoms with van der Waals surface area (Å²) in [4.78, 5) is 28.7. The zero-order valence-electron chi connectivity index (χ0n) is 14.2. The van der Waals surface area contributed by atoms with Crippen molar-refractivity contribution in [3.05, 3.63) is 50.7 Å². The molecule has 0 amide bonds. The molecule has 0 radical (unpaired) electrons. The van der Waals surface area contributed by atoms with Crippen LogP contribution in [0.2, 0.25) is 0 Å². The largest absolute Gasteiger partial charge is 0.294 e. The maximum Gasteiger partial charge on any atom is 0.272 e. The predicted molar refractivity (Wildman–Crippen MR) is 99.4 cm³/mol. The van der Waals surface area contributed by atoms with Gasteiger partial charge in [-0.05, 0) is 37.0 Å². The van der Waals surface area contributed by atoms with Gasteiger partial charge in [-0.15, -0.1) is 0 Å². The lowest BCUT2D eigenvalue weighted by Gasteiger charge is -2.33. The van der Waals surface area contributed by atoms with E-state index in [0.29, 0.717) is 12.8 Å². The third-order valence-electron chi connectivity index (χ3n) is 5.35. The molecule has 1 fully saturated rings. The molecular weight excluding hydrogens is 336 g/mol. The minimum atomic E-state index is -0.306. The molecule has 5 nitrogen and oxygen atoms in total. The number of allylic oxidation sites excluding steroid dienone is 2. The van der Waals surface area contributed by atoms with Crippen LogP contribution < -0.4 is 0 Å². The molecule has 1 aromatic carbocycles. The molecular formula is C19H20N2O3S. The topological polar surface area (TPSA) is 72.6 Å². The number of hydrogen-bond donors (Lipinski definition) is 0. The van der Waals surface area contributed by atoms with E-state index in [-0.39, 0.29) is 27.6 Å². The summed E-state index contributed by atoms with van der Waals surface area (Å²) in [6.45, 7) is 1.92. The highest BCUT2D eigenvalue weighted by Crippen LogP contribution is 2.48. The Morgan fingerprint density at radius 1 is 1.32 bits per heavy atom. The van der Waals surface area contributed by atoms with E-state index in [2.05, 4.69) is 0 Å². The van der Waals surface area contributed by atoms with Crippen LogP contribution in [0.4, 0.5) is 5.69 Å². The summed E-state index contributed by atoms with van der Waals surface area (Å²) in [6, 6.07) is 5.52. The van der Waals surface area contributed by atoms with Gasteiger partial charge in [0.1, 0.15) is 0 Å². The summed E-state index contributed by atoms with van der Waals surface area (Å²) in [6.07, 6.45) is 3.83. The number of benzene rings is 1. The van der Waals surface area contributed by atoms with Crippen LogP contribution in [0, 0.1) is 10.1 Å². The third-order valence-corrected chi connectivity index (χ3v) is 6.69. The molecule has 1 aromatic rings. The Bertz CT molecular complexity index is 828. The van der Waals surface area contributed by atoms with Crippen molar-refractivity contribution in [3.8, 4) is 0 Å². The summed E-state index contributed by atoms with van der Waals surface area (Å²) in [5.41, 5.74) is 4.69. The molecule has 3 aliphatic rings. The number of aryl methyl sites for hydroxylation is 1. The van der Waals surface area contributed by atoms with Crippen LogP contribution >= 0.6 is 11.8 Å². The normalized spacial score (nSPS) is 25.5. The lowest BCUT2D eigenvalue weighted by molar-refractivity contribution is -0.385. The van der Waals surface area contributed by atoms with E-state index < -0.39 is 0 Å². The second-order valence-electron chi connectivity index (χ2n) is 6.76. The molecule has 130 valence electrons. The van der Waals surface area contributed by atoms with E-state index in [0.717, 1.165) is 53.1 Å². The molecule has 2 unspecified atom stereocenters. The lowest BCUT2D eigenvalue weighted by atomic mass is 9.76. The molecule has 0 aromatic heterocycles. The Kier molecular flexibility index (Phi) is 4.23. The van der Waals surface area contributed by atoms with Gasteiger partial charge in [0.2, 0.25) is 0 Å². The number of ketones is 1. The number of carbonyl (C=O) groups excluding carboxylic acids is 1. The van der Waals surface area contributed by atoms with Crippen LogP contribution in [0.25, 0.3) is 0 Å². The van der Waals surface area contributed by atoms with Gasteiger partial charge in [-0.3, -0.25) is 19.9 Å². The highest BCUT2D eigenvalue weighted by Gasteiger charge is 2.42. The van der Waals surface area contributed by atoms with Crippen LogP contribution in [0.3, 0.4) is 0 Å². The van der Waals surface area contributed by atoms with Gasteiger partial charge in [0.25, 0.3) is 5.69 Å². The number of rotatable bonds is 3. The first kappa shape index (κ1) is 16.5. The maximum atomic E-state index is 12.7. The second kappa shape index (κ2) is 6.41. The van der Waals surface area contributed by atoms with Crippen LogP contribution in [0.15, 0.2) is 34.5 Å². The third kappa shape index (κ3) is 2.72. The number of Topliss-reactive ketones (excluding diaryl/α,β-unsaturated/α-hetero) is 1. The van der Waals surface area contributed by atoms with E-state index in [4.69, 9.17) is 4.99 Å². The number of thioether (sulfide) groups is 1. The molecule has 6 heteroatoms. The fourth-order valence-electron chi connectivity index (χ4n) is 4.16. The van der Waals surface area contributed by atoms with E-state index >= 15 is 0 Å². The van der Waals surface area contributed by atoms with Crippen molar-refractivity contribution >= 4 is 28.9 Å². The van der Waals surface area contributed by atoms with Crippen LogP contribution in [0.1, 0.15) is 49.7 Å². The van der Waals surface area contributed by atoms with Crippen molar-refractivity contribution < 1.29 is 9.72 Å². The van der Waals surface area contributed by atoms with Crippen molar-refractivity contribution in [1.82, 2.24) is 0 Å². The van der Waals surface area contributed by atoms with Crippen molar-refractivity contribution in [2.45, 2.75) is 50.2 Å². The summed E-state index contributed by atoms with van der Waals surface area (Å²) < 4.78 is 0. The minimum absolute atomic E-state index is 0.0904. The van der Waals surface area contributed by atoms with Gasteiger partial charge >= 0.3 is 0 Å². The van der Waals surface area contributed by atoms with Gasteiger partial charge in [0.05, 0.1) is 10.2 Å². The number of aliphatic imine (C=N–C) groups is 1. The molecule has 1 saturated heterocycles. The number of nitro benzene ring substituents is 1. The molecule has 25 heavy (non-hydrogen) atoms. The van der Waals surface area contributed by atoms with Gasteiger partial charge in [0.15, 0.2) is 5.78 Å². The Morgan fingerprint density at radius 2 is 2.16 bits per heavy atom. The Hall–Kier alpha value is -1.95. The Morgan fingerprint density at radius 3 is 2.92 bits per heavy atom.